The highest BCUT2D eigenvalue weighted by molar-refractivity contribution is 6.30. The number of amides is 2. The van der Waals surface area contributed by atoms with Gasteiger partial charge in [0.25, 0.3) is 5.91 Å². The molecular formula is C24H25ClN2O6. The molecule has 4 rings (SSSR count). The van der Waals surface area contributed by atoms with Crippen LogP contribution >= 0.6 is 11.6 Å². The van der Waals surface area contributed by atoms with Gasteiger partial charge in [-0.25, -0.2) is 4.79 Å². The van der Waals surface area contributed by atoms with Gasteiger partial charge in [-0.05, 0) is 36.4 Å². The number of ether oxygens (including phenoxy) is 3. The summed E-state index contributed by atoms with van der Waals surface area (Å²) >= 11 is 5.87. The zero-order valence-corrected chi connectivity index (χ0v) is 19.0. The summed E-state index contributed by atoms with van der Waals surface area (Å²) in [5.41, 5.74) is -0.705. The molecule has 2 heterocycles. The van der Waals surface area contributed by atoms with Gasteiger partial charge < -0.3 is 19.1 Å². The number of hydrogen-bond donors (Lipinski definition) is 0. The van der Waals surface area contributed by atoms with Gasteiger partial charge in [-0.2, -0.15) is 0 Å². The third kappa shape index (κ3) is 4.28. The Balaban J connectivity index is 1.50. The van der Waals surface area contributed by atoms with E-state index in [0.717, 1.165) is 0 Å². The topological polar surface area (TPSA) is 85.4 Å². The summed E-state index contributed by atoms with van der Waals surface area (Å²) in [6.45, 7) is 0.798. The van der Waals surface area contributed by atoms with E-state index in [1.165, 1.54) is 16.9 Å². The average molecular weight is 473 g/mol. The van der Waals surface area contributed by atoms with Crippen LogP contribution in [-0.2, 0) is 19.1 Å². The molecule has 1 atom stereocenters. The second-order valence-electron chi connectivity index (χ2n) is 7.80. The summed E-state index contributed by atoms with van der Waals surface area (Å²) in [6.07, 6.45) is 0.747. The van der Waals surface area contributed by atoms with Crippen molar-refractivity contribution in [3.05, 3.63) is 59.1 Å². The van der Waals surface area contributed by atoms with Gasteiger partial charge in [0.15, 0.2) is 0 Å². The highest BCUT2D eigenvalue weighted by atomic mass is 35.5. The summed E-state index contributed by atoms with van der Waals surface area (Å²) in [7, 11) is 1.52. The summed E-state index contributed by atoms with van der Waals surface area (Å²) in [5, 5.41) is 0.618. The molecule has 1 unspecified atom stereocenters. The Hall–Kier alpha value is -3.10. The van der Waals surface area contributed by atoms with E-state index in [4.69, 9.17) is 25.8 Å². The Morgan fingerprint density at radius 1 is 1.06 bits per heavy atom. The minimum Gasteiger partial charge on any atom is -0.493 e. The van der Waals surface area contributed by atoms with E-state index in [1.807, 2.05) is 0 Å². The Kier molecular flexibility index (Phi) is 6.85. The lowest BCUT2D eigenvalue weighted by Crippen LogP contribution is -2.69. The first-order valence-corrected chi connectivity index (χ1v) is 11.2. The van der Waals surface area contributed by atoms with Crippen LogP contribution in [0, 0.1) is 0 Å². The van der Waals surface area contributed by atoms with Crippen LogP contribution in [0.5, 0.6) is 5.75 Å². The van der Waals surface area contributed by atoms with Crippen molar-refractivity contribution in [2.24, 2.45) is 0 Å². The van der Waals surface area contributed by atoms with Crippen molar-refractivity contribution in [3.8, 4) is 5.75 Å². The number of hydrogen-bond acceptors (Lipinski definition) is 6. The Morgan fingerprint density at radius 3 is 2.58 bits per heavy atom. The van der Waals surface area contributed by atoms with Gasteiger partial charge in [-0.3, -0.25) is 14.5 Å². The van der Waals surface area contributed by atoms with Crippen LogP contribution in [0.25, 0.3) is 0 Å². The Bertz CT molecular complexity index is 1040. The van der Waals surface area contributed by atoms with Crippen molar-refractivity contribution >= 4 is 35.1 Å². The highest BCUT2D eigenvalue weighted by Gasteiger charge is 2.61. The molecule has 0 spiro atoms. The lowest BCUT2D eigenvalue weighted by atomic mass is 9.96. The molecule has 8 nitrogen and oxygen atoms in total. The maximum absolute atomic E-state index is 13.4. The molecule has 33 heavy (non-hydrogen) atoms. The fourth-order valence-corrected chi connectivity index (χ4v) is 4.42. The molecule has 174 valence electrons. The minimum atomic E-state index is -1.52. The molecule has 0 N–H and O–H groups in total. The molecule has 2 aromatic carbocycles. The van der Waals surface area contributed by atoms with E-state index in [9.17, 15) is 14.4 Å². The first-order valence-electron chi connectivity index (χ1n) is 10.8. The summed E-state index contributed by atoms with van der Waals surface area (Å²) in [4.78, 5) is 42.5. The van der Waals surface area contributed by atoms with Gasteiger partial charge in [0, 0.05) is 37.9 Å². The van der Waals surface area contributed by atoms with Gasteiger partial charge in [-0.15, -0.1) is 0 Å². The number of esters is 1. The molecule has 0 aliphatic carbocycles. The molecule has 1 saturated heterocycles. The van der Waals surface area contributed by atoms with Crippen molar-refractivity contribution in [2.75, 3.05) is 38.4 Å². The molecule has 9 heteroatoms. The number of rotatable bonds is 9. The molecule has 0 radical (unpaired) electrons. The van der Waals surface area contributed by atoms with Crippen LogP contribution in [0.3, 0.4) is 0 Å². The van der Waals surface area contributed by atoms with E-state index < -0.39 is 11.6 Å². The minimum absolute atomic E-state index is 0.0875. The lowest BCUT2D eigenvalue weighted by Gasteiger charge is -2.48. The van der Waals surface area contributed by atoms with Crippen LogP contribution < -0.4 is 9.64 Å². The molecule has 1 fully saturated rings. The number of carbonyl (C=O) groups excluding carboxylic acids is 3. The second-order valence-corrected chi connectivity index (χ2v) is 8.24. The molecule has 2 aliphatic heterocycles. The Labute approximate surface area is 197 Å². The number of carbonyl (C=O) groups is 3. The summed E-state index contributed by atoms with van der Waals surface area (Å²) < 4.78 is 16.4. The summed E-state index contributed by atoms with van der Waals surface area (Å²) in [5.74, 6) is -0.507. The number of fused-ring (bicyclic) bond motifs is 3. The van der Waals surface area contributed by atoms with Gasteiger partial charge in [0.2, 0.25) is 11.6 Å². The molecule has 2 aromatic rings. The predicted octanol–water partition coefficient (Wildman–Crippen LogP) is 3.28. The van der Waals surface area contributed by atoms with Gasteiger partial charge in [0.05, 0.1) is 31.1 Å². The van der Waals surface area contributed by atoms with Crippen LogP contribution in [0.4, 0.5) is 5.69 Å². The van der Waals surface area contributed by atoms with Gasteiger partial charge in [-0.1, -0.05) is 23.7 Å². The fraction of sp³-hybridized carbons (Fsp3) is 0.375. The van der Waals surface area contributed by atoms with Crippen molar-refractivity contribution in [1.29, 1.82) is 0 Å². The largest absolute Gasteiger partial charge is 0.493 e. The molecule has 0 bridgehead atoms. The predicted molar refractivity (Wildman–Crippen MR) is 121 cm³/mol. The quantitative estimate of drug-likeness (QED) is 0.411. The number of benzene rings is 2. The van der Waals surface area contributed by atoms with Gasteiger partial charge >= 0.3 is 5.97 Å². The maximum Gasteiger partial charge on any atom is 0.353 e. The Morgan fingerprint density at radius 2 is 1.82 bits per heavy atom. The van der Waals surface area contributed by atoms with Crippen LogP contribution in [-0.4, -0.2) is 61.8 Å². The highest BCUT2D eigenvalue weighted by Crippen LogP contribution is 2.45. The van der Waals surface area contributed by atoms with E-state index in [-0.39, 0.29) is 44.4 Å². The molecule has 2 aliphatic rings. The molecule has 0 aromatic heterocycles. The van der Waals surface area contributed by atoms with Crippen LogP contribution in [0.1, 0.15) is 29.6 Å². The second kappa shape index (κ2) is 9.80. The number of anilines is 1. The van der Waals surface area contributed by atoms with E-state index in [1.54, 1.807) is 48.5 Å². The lowest BCUT2D eigenvalue weighted by molar-refractivity contribution is -0.157. The van der Waals surface area contributed by atoms with Crippen molar-refractivity contribution in [1.82, 2.24) is 4.90 Å². The van der Waals surface area contributed by atoms with Crippen LogP contribution in [0.2, 0.25) is 5.02 Å². The SMILES string of the molecule is COCCN1C(=O)c2ccccc2N2C(=O)CCC12C(=O)OCCCOc1ccc(Cl)cc1. The van der Waals surface area contributed by atoms with Crippen molar-refractivity contribution < 1.29 is 28.6 Å². The monoisotopic (exact) mass is 472 g/mol. The number of para-hydroxylation sites is 1. The third-order valence-corrected chi connectivity index (χ3v) is 6.08. The fourth-order valence-electron chi connectivity index (χ4n) is 4.30. The number of nitrogens with zero attached hydrogens (tertiary/aromatic N) is 2. The normalized spacial score (nSPS) is 19.3. The van der Waals surface area contributed by atoms with Crippen molar-refractivity contribution in [2.45, 2.75) is 24.9 Å². The first kappa shape index (κ1) is 23.1. The number of halogens is 1. The van der Waals surface area contributed by atoms with E-state index in [2.05, 4.69) is 0 Å². The standard InChI is InChI=1S/C24H25ClN2O6/c1-31-16-13-26-22(29)19-5-2-3-6-20(19)27-21(28)11-12-24(26,27)23(30)33-15-4-14-32-18-9-7-17(25)8-10-18/h2-3,5-10H,4,11-16H2,1H3. The molecule has 0 saturated carbocycles. The van der Waals surface area contributed by atoms with Gasteiger partial charge in [0.1, 0.15) is 5.75 Å². The van der Waals surface area contributed by atoms with E-state index >= 15 is 0 Å². The molecule has 2 amide bonds. The first-order chi connectivity index (χ1) is 16.0. The maximum atomic E-state index is 13.4. The average Bonchev–Trinajstić information content (AvgIpc) is 3.18. The molecular weight excluding hydrogens is 448 g/mol. The number of methoxy groups -OCH3 is 1. The zero-order chi connectivity index (χ0) is 23.4. The van der Waals surface area contributed by atoms with Crippen LogP contribution in [0.15, 0.2) is 48.5 Å². The third-order valence-electron chi connectivity index (χ3n) is 5.82. The smallest absolute Gasteiger partial charge is 0.353 e. The van der Waals surface area contributed by atoms with Crippen molar-refractivity contribution in [3.63, 3.8) is 0 Å². The zero-order valence-electron chi connectivity index (χ0n) is 18.3. The van der Waals surface area contributed by atoms with E-state index in [0.29, 0.717) is 35.1 Å². The summed E-state index contributed by atoms with van der Waals surface area (Å²) in [6, 6.07) is 13.8.